The summed E-state index contributed by atoms with van der Waals surface area (Å²) < 4.78 is 26.4. The lowest BCUT2D eigenvalue weighted by molar-refractivity contribution is -0.134. The van der Waals surface area contributed by atoms with E-state index in [0.717, 1.165) is 0 Å². The summed E-state index contributed by atoms with van der Waals surface area (Å²) in [6, 6.07) is 9.85. The van der Waals surface area contributed by atoms with Gasteiger partial charge in [-0.05, 0) is 81.1 Å². The van der Waals surface area contributed by atoms with Crippen molar-refractivity contribution in [3.05, 3.63) is 71.3 Å². The number of carbonyl (C=O) groups excluding carboxylic acids is 3. The Hall–Kier alpha value is -3.29. The fourth-order valence-electron chi connectivity index (χ4n) is 4.15. The molecule has 8 heteroatoms. The zero-order chi connectivity index (χ0) is 24.0. The maximum absolute atomic E-state index is 13.2. The molecule has 33 heavy (non-hydrogen) atoms. The Morgan fingerprint density at radius 2 is 1.39 bits per heavy atom. The van der Waals surface area contributed by atoms with E-state index >= 15 is 0 Å². The van der Waals surface area contributed by atoms with Crippen LogP contribution in [0.5, 0.6) is 0 Å². The zero-order valence-corrected chi connectivity index (χ0v) is 18.9. The standard InChI is InChI=1S/C25H29F2N3O3/c1-3-29(4-2)25(33)22(28-23(31)18-5-9-20(26)10-6-18)17-13-15-30(16-14-17)24(32)19-7-11-21(27)12-8-19/h5-12,17,22H,3-4,13-16H2,1-2H3,(H,28,31)/t22-/m1/s1. The summed E-state index contributed by atoms with van der Waals surface area (Å²) in [7, 11) is 0. The first-order chi connectivity index (χ1) is 15.8. The van der Waals surface area contributed by atoms with Gasteiger partial charge in [0, 0.05) is 37.3 Å². The number of benzene rings is 2. The number of rotatable bonds is 7. The molecule has 1 saturated heterocycles. The maximum Gasteiger partial charge on any atom is 0.253 e. The van der Waals surface area contributed by atoms with Gasteiger partial charge in [-0.1, -0.05) is 0 Å². The highest BCUT2D eigenvalue weighted by Gasteiger charge is 2.35. The molecular formula is C25H29F2N3O3. The monoisotopic (exact) mass is 457 g/mol. The van der Waals surface area contributed by atoms with Crippen molar-refractivity contribution in [3.8, 4) is 0 Å². The van der Waals surface area contributed by atoms with Gasteiger partial charge in [0.2, 0.25) is 5.91 Å². The van der Waals surface area contributed by atoms with E-state index in [1.54, 1.807) is 9.80 Å². The van der Waals surface area contributed by atoms with E-state index < -0.39 is 23.6 Å². The van der Waals surface area contributed by atoms with E-state index in [2.05, 4.69) is 5.32 Å². The summed E-state index contributed by atoms with van der Waals surface area (Å²) in [5.74, 6) is -1.79. The van der Waals surface area contributed by atoms with Crippen LogP contribution in [0.1, 0.15) is 47.4 Å². The molecule has 1 fully saturated rings. The first kappa shape index (κ1) is 24.4. The van der Waals surface area contributed by atoms with Gasteiger partial charge in [0.05, 0.1) is 0 Å². The molecule has 2 aromatic rings. The van der Waals surface area contributed by atoms with Gasteiger partial charge in [-0.25, -0.2) is 8.78 Å². The molecule has 0 unspecified atom stereocenters. The SMILES string of the molecule is CCN(CC)C(=O)[C@H](NC(=O)c1ccc(F)cc1)C1CCN(C(=O)c2ccc(F)cc2)CC1. The van der Waals surface area contributed by atoms with E-state index in [0.29, 0.717) is 44.6 Å². The Bertz CT molecular complexity index is 967. The number of likely N-dealkylation sites (N-methyl/N-ethyl adjacent to an activating group) is 1. The van der Waals surface area contributed by atoms with Crippen molar-refractivity contribution in [1.82, 2.24) is 15.1 Å². The summed E-state index contributed by atoms with van der Waals surface area (Å²) in [4.78, 5) is 42.1. The van der Waals surface area contributed by atoms with E-state index in [1.165, 1.54) is 48.5 Å². The van der Waals surface area contributed by atoms with E-state index in [1.807, 2.05) is 13.8 Å². The van der Waals surface area contributed by atoms with E-state index in [-0.39, 0.29) is 23.3 Å². The first-order valence-electron chi connectivity index (χ1n) is 11.2. The molecule has 1 aliphatic rings. The van der Waals surface area contributed by atoms with Crippen molar-refractivity contribution in [1.29, 1.82) is 0 Å². The third kappa shape index (κ3) is 5.94. The molecule has 3 rings (SSSR count). The van der Waals surface area contributed by atoms with Crippen molar-refractivity contribution in [2.45, 2.75) is 32.7 Å². The number of carbonyl (C=O) groups is 3. The van der Waals surface area contributed by atoms with Crippen molar-refractivity contribution < 1.29 is 23.2 Å². The largest absolute Gasteiger partial charge is 0.341 e. The molecule has 1 aliphatic heterocycles. The van der Waals surface area contributed by atoms with Gasteiger partial charge in [-0.3, -0.25) is 14.4 Å². The van der Waals surface area contributed by atoms with Crippen LogP contribution in [0.2, 0.25) is 0 Å². The molecule has 1 N–H and O–H groups in total. The van der Waals surface area contributed by atoms with Gasteiger partial charge in [-0.2, -0.15) is 0 Å². The van der Waals surface area contributed by atoms with Gasteiger partial charge in [-0.15, -0.1) is 0 Å². The number of nitrogens with zero attached hydrogens (tertiary/aromatic N) is 2. The van der Waals surface area contributed by atoms with Gasteiger partial charge in [0.1, 0.15) is 17.7 Å². The van der Waals surface area contributed by atoms with E-state index in [9.17, 15) is 23.2 Å². The van der Waals surface area contributed by atoms with Crippen molar-refractivity contribution in [2.24, 2.45) is 5.92 Å². The Balaban J connectivity index is 1.72. The molecule has 3 amide bonds. The van der Waals surface area contributed by atoms with Crippen molar-refractivity contribution >= 4 is 17.7 Å². The lowest BCUT2D eigenvalue weighted by Crippen LogP contribution is -2.54. The number of piperidine rings is 1. The molecular weight excluding hydrogens is 428 g/mol. The molecule has 176 valence electrons. The van der Waals surface area contributed by atoms with Gasteiger partial charge in [0.15, 0.2) is 0 Å². The smallest absolute Gasteiger partial charge is 0.253 e. The summed E-state index contributed by atoms with van der Waals surface area (Å²) in [5.41, 5.74) is 0.688. The van der Waals surface area contributed by atoms with Crippen LogP contribution in [0.4, 0.5) is 8.78 Å². The Kier molecular flexibility index (Phi) is 8.14. The molecule has 1 atom stereocenters. The zero-order valence-electron chi connectivity index (χ0n) is 18.9. The molecule has 2 aromatic carbocycles. The molecule has 6 nitrogen and oxygen atoms in total. The Labute approximate surface area is 192 Å². The normalized spacial score (nSPS) is 15.1. The van der Waals surface area contributed by atoms with Crippen molar-refractivity contribution in [3.63, 3.8) is 0 Å². The van der Waals surface area contributed by atoms with Crippen LogP contribution in [-0.2, 0) is 4.79 Å². The first-order valence-corrected chi connectivity index (χ1v) is 11.2. The number of nitrogens with one attached hydrogen (secondary N) is 1. The highest BCUT2D eigenvalue weighted by Crippen LogP contribution is 2.24. The van der Waals surface area contributed by atoms with E-state index in [4.69, 9.17) is 0 Å². The van der Waals surface area contributed by atoms with Gasteiger partial charge < -0.3 is 15.1 Å². The molecule has 0 aromatic heterocycles. The molecule has 0 saturated carbocycles. The quantitative estimate of drug-likeness (QED) is 0.692. The summed E-state index contributed by atoms with van der Waals surface area (Å²) in [6.07, 6.45) is 1.07. The average molecular weight is 458 g/mol. The second-order valence-corrected chi connectivity index (χ2v) is 8.11. The molecule has 0 spiro atoms. The number of amides is 3. The van der Waals surface area contributed by atoms with Crippen LogP contribution < -0.4 is 5.32 Å². The van der Waals surface area contributed by atoms with Crippen LogP contribution in [0.15, 0.2) is 48.5 Å². The topological polar surface area (TPSA) is 69.7 Å². The lowest BCUT2D eigenvalue weighted by atomic mass is 9.87. The van der Waals surface area contributed by atoms with Crippen LogP contribution >= 0.6 is 0 Å². The number of likely N-dealkylation sites (tertiary alicyclic amines) is 1. The third-order valence-corrected chi connectivity index (χ3v) is 6.12. The minimum absolute atomic E-state index is 0.153. The minimum atomic E-state index is -0.745. The molecule has 0 aliphatic carbocycles. The fraction of sp³-hybridized carbons (Fsp3) is 0.400. The van der Waals surface area contributed by atoms with Crippen molar-refractivity contribution in [2.75, 3.05) is 26.2 Å². The molecule has 0 bridgehead atoms. The minimum Gasteiger partial charge on any atom is -0.341 e. The highest BCUT2D eigenvalue weighted by atomic mass is 19.1. The van der Waals surface area contributed by atoms with Crippen LogP contribution in [0, 0.1) is 17.6 Å². The van der Waals surface area contributed by atoms with Crippen LogP contribution in [0.25, 0.3) is 0 Å². The predicted octanol–water partition coefficient (Wildman–Crippen LogP) is 3.48. The number of hydrogen-bond donors (Lipinski definition) is 1. The summed E-state index contributed by atoms with van der Waals surface area (Å²) >= 11 is 0. The van der Waals surface area contributed by atoms with Crippen LogP contribution in [0.3, 0.4) is 0 Å². The predicted molar refractivity (Wildman–Crippen MR) is 121 cm³/mol. The molecule has 0 radical (unpaired) electrons. The molecule has 1 heterocycles. The third-order valence-electron chi connectivity index (χ3n) is 6.12. The highest BCUT2D eigenvalue weighted by molar-refractivity contribution is 5.97. The number of hydrogen-bond acceptors (Lipinski definition) is 3. The second kappa shape index (κ2) is 11.0. The fourth-order valence-corrected chi connectivity index (χ4v) is 4.15. The maximum atomic E-state index is 13.2. The van der Waals surface area contributed by atoms with Gasteiger partial charge >= 0.3 is 0 Å². The summed E-state index contributed by atoms with van der Waals surface area (Å²) in [5, 5.41) is 2.86. The average Bonchev–Trinajstić information content (AvgIpc) is 2.83. The van der Waals surface area contributed by atoms with Crippen LogP contribution in [-0.4, -0.2) is 59.7 Å². The van der Waals surface area contributed by atoms with Gasteiger partial charge in [0.25, 0.3) is 11.8 Å². The Morgan fingerprint density at radius 1 is 0.909 bits per heavy atom. The summed E-state index contributed by atoms with van der Waals surface area (Å²) in [6.45, 7) is 5.64. The Morgan fingerprint density at radius 3 is 1.88 bits per heavy atom. The lowest BCUT2D eigenvalue weighted by Gasteiger charge is -2.37. The second-order valence-electron chi connectivity index (χ2n) is 8.11. The number of halogens is 2.